The fourth-order valence-corrected chi connectivity index (χ4v) is 3.46. The Labute approximate surface area is 128 Å². The fraction of sp³-hybridized carbons (Fsp3) is 0.438. The van der Waals surface area contributed by atoms with E-state index in [-0.39, 0.29) is 5.41 Å². The second-order valence-corrected chi connectivity index (χ2v) is 6.73. The van der Waals surface area contributed by atoms with Crippen molar-refractivity contribution in [1.82, 2.24) is 9.78 Å². The van der Waals surface area contributed by atoms with E-state index in [0.717, 1.165) is 34.4 Å². The highest BCUT2D eigenvalue weighted by atomic mass is 79.9. The van der Waals surface area contributed by atoms with Crippen LogP contribution in [0, 0.1) is 20.8 Å². The number of nitrogens with two attached hydrogens (primary N) is 1. The van der Waals surface area contributed by atoms with Crippen LogP contribution in [0.5, 0.6) is 0 Å². The van der Waals surface area contributed by atoms with E-state index in [2.05, 4.69) is 54.9 Å². The lowest BCUT2D eigenvalue weighted by atomic mass is 10.0. The normalized spacial score (nSPS) is 16.4. The quantitative estimate of drug-likeness (QED) is 0.933. The first kappa shape index (κ1) is 13.8. The number of halogens is 1. The van der Waals surface area contributed by atoms with Gasteiger partial charge in [-0.3, -0.25) is 0 Å². The van der Waals surface area contributed by atoms with Crippen LogP contribution < -0.4 is 5.73 Å². The third-order valence-corrected chi connectivity index (χ3v) is 5.32. The molecule has 3 rings (SSSR count). The van der Waals surface area contributed by atoms with Crippen LogP contribution in [-0.2, 0) is 5.41 Å². The van der Waals surface area contributed by atoms with Crippen molar-refractivity contribution in [1.29, 1.82) is 0 Å². The second kappa shape index (κ2) is 4.71. The zero-order valence-electron chi connectivity index (χ0n) is 12.2. The standard InChI is InChI=1S/C16H20BrN3/c1-10-4-5-13(11(2)8-10)20-12(3)14(17)15(19-20)16(9-18)6-7-16/h4-5,8H,6-7,9,18H2,1-3H3. The van der Waals surface area contributed by atoms with Crippen molar-refractivity contribution in [2.24, 2.45) is 5.73 Å². The summed E-state index contributed by atoms with van der Waals surface area (Å²) in [5.41, 5.74) is 12.0. The molecule has 0 aliphatic heterocycles. The Bertz CT molecular complexity index is 669. The highest BCUT2D eigenvalue weighted by Crippen LogP contribution is 2.49. The number of rotatable bonds is 3. The largest absolute Gasteiger partial charge is 0.330 e. The molecule has 1 heterocycles. The summed E-state index contributed by atoms with van der Waals surface area (Å²) in [5.74, 6) is 0. The average Bonchev–Trinajstić information content (AvgIpc) is 3.15. The first-order valence-corrected chi connectivity index (χ1v) is 7.81. The molecule has 106 valence electrons. The minimum Gasteiger partial charge on any atom is -0.330 e. The number of nitrogens with zero attached hydrogens (tertiary/aromatic N) is 2. The van der Waals surface area contributed by atoms with Crippen LogP contribution in [-0.4, -0.2) is 16.3 Å². The number of benzene rings is 1. The second-order valence-electron chi connectivity index (χ2n) is 5.93. The van der Waals surface area contributed by atoms with Crippen molar-refractivity contribution in [3.8, 4) is 5.69 Å². The maximum Gasteiger partial charge on any atom is 0.0848 e. The van der Waals surface area contributed by atoms with E-state index in [4.69, 9.17) is 10.8 Å². The molecule has 3 nitrogen and oxygen atoms in total. The van der Waals surface area contributed by atoms with Gasteiger partial charge in [-0.1, -0.05) is 17.7 Å². The molecule has 1 aliphatic carbocycles. The van der Waals surface area contributed by atoms with Crippen LogP contribution in [0.3, 0.4) is 0 Å². The van der Waals surface area contributed by atoms with E-state index in [0.29, 0.717) is 6.54 Å². The van der Waals surface area contributed by atoms with Crippen molar-refractivity contribution in [2.45, 2.75) is 39.0 Å². The Morgan fingerprint density at radius 3 is 2.55 bits per heavy atom. The summed E-state index contributed by atoms with van der Waals surface area (Å²) in [6.07, 6.45) is 2.29. The fourth-order valence-electron chi connectivity index (χ4n) is 2.79. The predicted molar refractivity (Wildman–Crippen MR) is 85.4 cm³/mol. The van der Waals surface area contributed by atoms with Crippen molar-refractivity contribution in [3.63, 3.8) is 0 Å². The molecule has 0 atom stereocenters. The highest BCUT2D eigenvalue weighted by Gasteiger charge is 2.47. The first-order valence-electron chi connectivity index (χ1n) is 7.02. The summed E-state index contributed by atoms with van der Waals surface area (Å²) < 4.78 is 3.16. The highest BCUT2D eigenvalue weighted by molar-refractivity contribution is 9.10. The third kappa shape index (κ3) is 2.02. The molecule has 0 bridgehead atoms. The van der Waals surface area contributed by atoms with Gasteiger partial charge in [0.25, 0.3) is 0 Å². The minimum atomic E-state index is 0.105. The maximum absolute atomic E-state index is 5.95. The first-order chi connectivity index (χ1) is 9.48. The molecule has 0 amide bonds. The van der Waals surface area contributed by atoms with Crippen LogP contribution in [0.4, 0.5) is 0 Å². The topological polar surface area (TPSA) is 43.8 Å². The molecule has 2 N–H and O–H groups in total. The van der Waals surface area contributed by atoms with E-state index in [1.165, 1.54) is 11.1 Å². The molecule has 1 aromatic heterocycles. The SMILES string of the molecule is Cc1ccc(-n2nc(C3(CN)CC3)c(Br)c2C)c(C)c1. The van der Waals surface area contributed by atoms with Gasteiger partial charge in [-0.25, -0.2) is 4.68 Å². The van der Waals surface area contributed by atoms with Crippen molar-refractivity contribution >= 4 is 15.9 Å². The van der Waals surface area contributed by atoms with Gasteiger partial charge in [-0.15, -0.1) is 0 Å². The van der Waals surface area contributed by atoms with Crippen LogP contribution in [0.2, 0.25) is 0 Å². The molecule has 0 unspecified atom stereocenters. The molecule has 0 spiro atoms. The van der Waals surface area contributed by atoms with Crippen LogP contribution in [0.25, 0.3) is 5.69 Å². The molecule has 2 aromatic rings. The Balaban J connectivity index is 2.13. The molecule has 4 heteroatoms. The van der Waals surface area contributed by atoms with E-state index < -0.39 is 0 Å². The zero-order chi connectivity index (χ0) is 14.5. The smallest absolute Gasteiger partial charge is 0.0848 e. The van der Waals surface area contributed by atoms with Gasteiger partial charge in [0.15, 0.2) is 0 Å². The van der Waals surface area contributed by atoms with Crippen molar-refractivity contribution < 1.29 is 0 Å². The summed E-state index contributed by atoms with van der Waals surface area (Å²) in [4.78, 5) is 0. The summed E-state index contributed by atoms with van der Waals surface area (Å²) in [6.45, 7) is 7.02. The average molecular weight is 334 g/mol. The van der Waals surface area contributed by atoms with Gasteiger partial charge in [0.2, 0.25) is 0 Å². The van der Waals surface area contributed by atoms with Gasteiger partial charge >= 0.3 is 0 Å². The van der Waals surface area contributed by atoms with Gasteiger partial charge in [0, 0.05) is 12.0 Å². The summed E-state index contributed by atoms with van der Waals surface area (Å²) in [7, 11) is 0. The molecular weight excluding hydrogens is 314 g/mol. The van der Waals surface area contributed by atoms with E-state index in [1.807, 2.05) is 4.68 Å². The van der Waals surface area contributed by atoms with Gasteiger partial charge in [0.1, 0.15) is 0 Å². The monoisotopic (exact) mass is 333 g/mol. The van der Waals surface area contributed by atoms with Crippen LogP contribution in [0.15, 0.2) is 22.7 Å². The summed E-state index contributed by atoms with van der Waals surface area (Å²) in [6, 6.07) is 6.47. The van der Waals surface area contributed by atoms with E-state index in [1.54, 1.807) is 0 Å². The van der Waals surface area contributed by atoms with Gasteiger partial charge in [-0.05, 0) is 61.2 Å². The van der Waals surface area contributed by atoms with Gasteiger partial charge < -0.3 is 5.73 Å². The van der Waals surface area contributed by atoms with Crippen LogP contribution in [0.1, 0.15) is 35.4 Å². The van der Waals surface area contributed by atoms with Crippen molar-refractivity contribution in [3.05, 3.63) is 45.2 Å². The lowest BCUT2D eigenvalue weighted by Gasteiger charge is -2.10. The Morgan fingerprint density at radius 2 is 2.00 bits per heavy atom. The van der Waals surface area contributed by atoms with Gasteiger partial charge in [-0.2, -0.15) is 5.10 Å². The molecule has 1 fully saturated rings. The van der Waals surface area contributed by atoms with Crippen molar-refractivity contribution in [2.75, 3.05) is 6.54 Å². The maximum atomic E-state index is 5.95. The third-order valence-electron chi connectivity index (χ3n) is 4.37. The molecule has 1 aliphatic rings. The lowest BCUT2D eigenvalue weighted by Crippen LogP contribution is -2.21. The molecular formula is C16H20BrN3. The molecule has 0 saturated heterocycles. The predicted octanol–water partition coefficient (Wildman–Crippen LogP) is 3.55. The molecule has 1 aromatic carbocycles. The zero-order valence-corrected chi connectivity index (χ0v) is 13.8. The number of hydrogen-bond acceptors (Lipinski definition) is 2. The molecule has 0 radical (unpaired) electrons. The van der Waals surface area contributed by atoms with Crippen LogP contribution >= 0.6 is 15.9 Å². The number of aryl methyl sites for hydroxylation is 2. The van der Waals surface area contributed by atoms with E-state index in [9.17, 15) is 0 Å². The Morgan fingerprint density at radius 1 is 1.30 bits per heavy atom. The Hall–Kier alpha value is -1.13. The Kier molecular flexibility index (Phi) is 3.26. The summed E-state index contributed by atoms with van der Waals surface area (Å²) >= 11 is 3.72. The molecule has 1 saturated carbocycles. The van der Waals surface area contributed by atoms with E-state index >= 15 is 0 Å². The molecule has 20 heavy (non-hydrogen) atoms. The lowest BCUT2D eigenvalue weighted by molar-refractivity contribution is 0.657. The van der Waals surface area contributed by atoms with Gasteiger partial charge in [0.05, 0.1) is 21.5 Å². The number of hydrogen-bond donors (Lipinski definition) is 1. The summed E-state index contributed by atoms with van der Waals surface area (Å²) in [5, 5.41) is 4.86. The minimum absolute atomic E-state index is 0.105. The number of aromatic nitrogens is 2.